The Morgan fingerprint density at radius 2 is 2.31 bits per heavy atom. The van der Waals surface area contributed by atoms with Gasteiger partial charge in [-0.1, -0.05) is 6.92 Å². The molecule has 1 aromatic rings. The van der Waals surface area contributed by atoms with Crippen LogP contribution in [0.5, 0.6) is 0 Å². The molecule has 0 saturated heterocycles. The number of rotatable bonds is 3. The molecule has 0 unspecified atom stereocenters. The molecule has 1 saturated carbocycles. The minimum Gasteiger partial charge on any atom is -0.480 e. The second kappa shape index (κ2) is 4.37. The van der Waals surface area contributed by atoms with Crippen LogP contribution >= 0.6 is 11.5 Å². The summed E-state index contributed by atoms with van der Waals surface area (Å²) in [5.74, 6) is -0.168. The third kappa shape index (κ3) is 2.16. The molecule has 1 aliphatic rings. The topological polar surface area (TPSA) is 75.1 Å². The summed E-state index contributed by atoms with van der Waals surface area (Å²) >= 11 is 1.20. The Balaban J connectivity index is 2.13. The third-order valence-corrected chi connectivity index (χ3v) is 3.82. The molecule has 0 amide bonds. The van der Waals surface area contributed by atoms with Gasteiger partial charge in [0.15, 0.2) is 0 Å². The van der Waals surface area contributed by atoms with Gasteiger partial charge in [-0.05, 0) is 31.6 Å². The van der Waals surface area contributed by atoms with Crippen molar-refractivity contribution in [3.63, 3.8) is 0 Å². The highest BCUT2D eigenvalue weighted by atomic mass is 32.1. The van der Waals surface area contributed by atoms with Crippen LogP contribution in [-0.4, -0.2) is 26.0 Å². The van der Waals surface area contributed by atoms with E-state index in [1.165, 1.54) is 17.9 Å². The quantitative estimate of drug-likeness (QED) is 0.846. The molecule has 16 heavy (non-hydrogen) atoms. The average Bonchev–Trinajstić information content (AvgIpc) is 2.74. The molecule has 0 radical (unpaired) electrons. The van der Waals surface area contributed by atoms with E-state index in [1.807, 2.05) is 0 Å². The van der Waals surface area contributed by atoms with Crippen LogP contribution in [0.15, 0.2) is 6.33 Å². The van der Waals surface area contributed by atoms with Crippen molar-refractivity contribution in [2.24, 2.45) is 5.92 Å². The highest BCUT2D eigenvalue weighted by Gasteiger charge is 2.41. The van der Waals surface area contributed by atoms with Gasteiger partial charge in [0, 0.05) is 11.5 Å². The lowest BCUT2D eigenvalue weighted by Crippen LogP contribution is -2.48. The minimum absolute atomic E-state index is 0.594. The van der Waals surface area contributed by atoms with Crippen molar-refractivity contribution in [2.45, 2.75) is 38.1 Å². The number of hydrogen-bond donors (Lipinski definition) is 2. The number of nitrogens with one attached hydrogen (secondary N) is 1. The maximum absolute atomic E-state index is 11.4. The van der Waals surface area contributed by atoms with E-state index >= 15 is 0 Å². The van der Waals surface area contributed by atoms with Crippen molar-refractivity contribution in [1.29, 1.82) is 0 Å². The van der Waals surface area contributed by atoms with Crippen LogP contribution in [0.3, 0.4) is 0 Å². The summed E-state index contributed by atoms with van der Waals surface area (Å²) < 4.78 is 3.87. The van der Waals surface area contributed by atoms with Gasteiger partial charge < -0.3 is 10.4 Å². The molecule has 1 aliphatic carbocycles. The smallest absolute Gasteiger partial charge is 0.329 e. The average molecular weight is 241 g/mol. The van der Waals surface area contributed by atoms with Gasteiger partial charge in [-0.15, -0.1) is 0 Å². The Bertz CT molecular complexity index is 358. The predicted octanol–water partition coefficient (Wildman–Crippen LogP) is 1.98. The molecule has 2 rings (SSSR count). The van der Waals surface area contributed by atoms with Crippen LogP contribution in [0.1, 0.15) is 32.6 Å². The van der Waals surface area contributed by atoms with Crippen molar-refractivity contribution >= 4 is 22.6 Å². The summed E-state index contributed by atoms with van der Waals surface area (Å²) in [5, 5.41) is 13.0. The molecule has 6 heteroatoms. The zero-order valence-electron chi connectivity index (χ0n) is 9.14. The van der Waals surface area contributed by atoms with Crippen LogP contribution < -0.4 is 5.32 Å². The SMILES string of the molecule is CC1CCC(Nc2ncns2)(C(=O)O)CC1. The highest BCUT2D eigenvalue weighted by Crippen LogP contribution is 2.35. The van der Waals surface area contributed by atoms with Crippen LogP contribution in [0.25, 0.3) is 0 Å². The summed E-state index contributed by atoms with van der Waals surface area (Å²) in [6.07, 6.45) is 4.64. The lowest BCUT2D eigenvalue weighted by Gasteiger charge is -2.36. The van der Waals surface area contributed by atoms with E-state index in [2.05, 4.69) is 21.6 Å². The van der Waals surface area contributed by atoms with Crippen LogP contribution in [-0.2, 0) is 4.79 Å². The Morgan fingerprint density at radius 1 is 1.62 bits per heavy atom. The van der Waals surface area contributed by atoms with Gasteiger partial charge in [0.2, 0.25) is 5.13 Å². The molecule has 88 valence electrons. The van der Waals surface area contributed by atoms with Gasteiger partial charge >= 0.3 is 5.97 Å². The number of nitrogens with zero attached hydrogens (tertiary/aromatic N) is 2. The lowest BCUT2D eigenvalue weighted by atomic mass is 9.77. The molecule has 0 bridgehead atoms. The fourth-order valence-corrected chi connectivity index (χ4v) is 2.61. The van der Waals surface area contributed by atoms with Gasteiger partial charge in [0.1, 0.15) is 11.9 Å². The first-order valence-electron chi connectivity index (χ1n) is 5.41. The summed E-state index contributed by atoms with van der Waals surface area (Å²) in [6.45, 7) is 2.16. The molecule has 1 fully saturated rings. The summed E-state index contributed by atoms with van der Waals surface area (Å²) in [6, 6.07) is 0. The van der Waals surface area contributed by atoms with Crippen LogP contribution in [0.4, 0.5) is 5.13 Å². The molecule has 0 spiro atoms. The number of carboxylic acid groups (broad SMARTS) is 1. The van der Waals surface area contributed by atoms with E-state index in [-0.39, 0.29) is 0 Å². The number of carboxylic acids is 1. The van der Waals surface area contributed by atoms with Crippen LogP contribution in [0, 0.1) is 5.92 Å². The van der Waals surface area contributed by atoms with Crippen molar-refractivity contribution in [1.82, 2.24) is 9.36 Å². The van der Waals surface area contributed by atoms with E-state index < -0.39 is 11.5 Å². The second-order valence-corrected chi connectivity index (χ2v) is 5.22. The maximum Gasteiger partial charge on any atom is 0.329 e. The van der Waals surface area contributed by atoms with E-state index in [0.29, 0.717) is 23.9 Å². The monoisotopic (exact) mass is 241 g/mol. The highest BCUT2D eigenvalue weighted by molar-refractivity contribution is 7.09. The minimum atomic E-state index is -0.841. The summed E-state index contributed by atoms with van der Waals surface area (Å²) in [5.41, 5.74) is -0.841. The van der Waals surface area contributed by atoms with Crippen molar-refractivity contribution in [2.75, 3.05) is 5.32 Å². The zero-order valence-corrected chi connectivity index (χ0v) is 9.96. The summed E-state index contributed by atoms with van der Waals surface area (Å²) in [4.78, 5) is 15.4. The normalized spacial score (nSPS) is 29.9. The molecule has 5 nitrogen and oxygen atoms in total. The molecule has 1 heterocycles. The predicted molar refractivity (Wildman–Crippen MR) is 61.5 cm³/mol. The first kappa shape index (κ1) is 11.3. The molecule has 2 N–H and O–H groups in total. The number of hydrogen-bond acceptors (Lipinski definition) is 5. The third-order valence-electron chi connectivity index (χ3n) is 3.24. The lowest BCUT2D eigenvalue weighted by molar-refractivity contribution is -0.143. The van der Waals surface area contributed by atoms with Gasteiger partial charge in [0.05, 0.1) is 0 Å². The number of carbonyl (C=O) groups is 1. The van der Waals surface area contributed by atoms with Gasteiger partial charge in [-0.3, -0.25) is 0 Å². The number of anilines is 1. The summed E-state index contributed by atoms with van der Waals surface area (Å²) in [7, 11) is 0. The van der Waals surface area contributed by atoms with Gasteiger partial charge in [-0.25, -0.2) is 9.78 Å². The van der Waals surface area contributed by atoms with Crippen molar-refractivity contribution < 1.29 is 9.90 Å². The van der Waals surface area contributed by atoms with E-state index in [1.54, 1.807) is 0 Å². The maximum atomic E-state index is 11.4. The molecular weight excluding hydrogens is 226 g/mol. The van der Waals surface area contributed by atoms with Gasteiger partial charge in [0.25, 0.3) is 0 Å². The Hall–Kier alpha value is -1.17. The van der Waals surface area contributed by atoms with E-state index in [9.17, 15) is 9.90 Å². The van der Waals surface area contributed by atoms with E-state index in [4.69, 9.17) is 0 Å². The van der Waals surface area contributed by atoms with Crippen LogP contribution in [0.2, 0.25) is 0 Å². The Morgan fingerprint density at radius 3 is 2.81 bits per heavy atom. The standard InChI is InChI=1S/C10H15N3O2S/c1-7-2-4-10(5-3-7,8(14)15)13-9-11-6-12-16-9/h6-7H,2-5H2,1H3,(H,14,15)(H,11,12,13). The first-order valence-corrected chi connectivity index (χ1v) is 6.18. The molecule has 1 aromatic heterocycles. The van der Waals surface area contributed by atoms with Gasteiger partial charge in [-0.2, -0.15) is 4.37 Å². The Labute approximate surface area is 98.1 Å². The fraction of sp³-hybridized carbons (Fsp3) is 0.700. The Kier molecular flexibility index (Phi) is 3.09. The molecule has 0 aliphatic heterocycles. The fourth-order valence-electron chi connectivity index (χ4n) is 2.08. The van der Waals surface area contributed by atoms with E-state index in [0.717, 1.165) is 12.8 Å². The molecular formula is C10H15N3O2S. The number of aliphatic carboxylic acids is 1. The molecule has 0 aromatic carbocycles. The van der Waals surface area contributed by atoms with Crippen molar-refractivity contribution in [3.8, 4) is 0 Å². The second-order valence-electron chi connectivity index (χ2n) is 4.44. The largest absolute Gasteiger partial charge is 0.480 e. The number of aromatic nitrogens is 2. The molecule has 0 atom stereocenters. The zero-order chi connectivity index (χ0) is 11.6. The first-order chi connectivity index (χ1) is 7.62. The van der Waals surface area contributed by atoms with Crippen molar-refractivity contribution in [3.05, 3.63) is 6.33 Å².